The van der Waals surface area contributed by atoms with Crippen LogP contribution in [-0.2, 0) is 9.59 Å². The number of nitrogens with zero attached hydrogens (tertiary/aromatic N) is 2. The number of carbonyl (C=O) groups excluding carboxylic acids is 3. The number of imide groups is 1. The Morgan fingerprint density at radius 1 is 0.941 bits per heavy atom. The van der Waals surface area contributed by atoms with Crippen molar-refractivity contribution >= 4 is 51.4 Å². The summed E-state index contributed by atoms with van der Waals surface area (Å²) in [4.78, 5) is 39.2. The van der Waals surface area contributed by atoms with Crippen molar-refractivity contribution in [1.29, 1.82) is 0 Å². The van der Waals surface area contributed by atoms with E-state index in [0.717, 1.165) is 44.4 Å². The molecule has 4 aromatic rings. The van der Waals surface area contributed by atoms with E-state index in [4.69, 9.17) is 0 Å². The molecular weight excluding hydrogens is 446 g/mol. The van der Waals surface area contributed by atoms with Gasteiger partial charge in [-0.15, -0.1) is 0 Å². The molecule has 0 atom stereocenters. The molecule has 1 fully saturated rings. The third-order valence-electron chi connectivity index (χ3n) is 5.66. The molecule has 0 unspecified atom stereocenters. The molecule has 1 aliphatic rings. The van der Waals surface area contributed by atoms with Crippen LogP contribution in [0.5, 0.6) is 0 Å². The number of para-hydroxylation sites is 1. The van der Waals surface area contributed by atoms with Crippen LogP contribution in [0, 0.1) is 6.92 Å². The number of fused-ring (bicyclic) bond motifs is 1. The maximum Gasteiger partial charge on any atom is 0.294 e. The number of hydrogen-bond donors (Lipinski definition) is 1. The summed E-state index contributed by atoms with van der Waals surface area (Å²) in [7, 11) is 0. The first-order valence-electron chi connectivity index (χ1n) is 10.8. The van der Waals surface area contributed by atoms with Gasteiger partial charge in [-0.25, -0.2) is 0 Å². The van der Waals surface area contributed by atoms with E-state index in [9.17, 15) is 14.4 Å². The van der Waals surface area contributed by atoms with Crippen molar-refractivity contribution in [3.05, 3.63) is 101 Å². The van der Waals surface area contributed by atoms with Gasteiger partial charge in [0.15, 0.2) is 0 Å². The number of nitrogens with one attached hydrogen (secondary N) is 1. The highest BCUT2D eigenvalue weighted by atomic mass is 32.2. The van der Waals surface area contributed by atoms with Gasteiger partial charge in [0.1, 0.15) is 6.54 Å². The largest absolute Gasteiger partial charge is 0.324 e. The van der Waals surface area contributed by atoms with Gasteiger partial charge in [0.2, 0.25) is 5.91 Å². The van der Waals surface area contributed by atoms with Gasteiger partial charge in [-0.1, -0.05) is 48.5 Å². The second-order valence-corrected chi connectivity index (χ2v) is 8.96. The molecule has 1 saturated heterocycles. The zero-order valence-electron chi connectivity index (χ0n) is 18.4. The number of benzene rings is 3. The van der Waals surface area contributed by atoms with Crippen LogP contribution >= 0.6 is 11.8 Å². The van der Waals surface area contributed by atoms with Crippen molar-refractivity contribution in [3.63, 3.8) is 0 Å². The summed E-state index contributed by atoms with van der Waals surface area (Å²) in [5.41, 5.74) is 3.28. The Labute approximate surface area is 200 Å². The first-order valence-corrected chi connectivity index (χ1v) is 11.6. The Kier molecular flexibility index (Phi) is 5.77. The number of carbonyl (C=O) groups is 3. The lowest BCUT2D eigenvalue weighted by molar-refractivity contribution is -0.127. The number of aryl methyl sites for hydroxylation is 1. The molecule has 0 saturated carbocycles. The summed E-state index contributed by atoms with van der Waals surface area (Å²) in [6.07, 6.45) is 3.61. The summed E-state index contributed by atoms with van der Waals surface area (Å²) in [5.74, 6) is -0.890. The molecule has 34 heavy (non-hydrogen) atoms. The molecule has 5 rings (SSSR count). The fourth-order valence-electron chi connectivity index (χ4n) is 3.89. The summed E-state index contributed by atoms with van der Waals surface area (Å²) in [6.45, 7) is 1.55. The summed E-state index contributed by atoms with van der Waals surface area (Å²) >= 11 is 0.843. The minimum absolute atomic E-state index is 0.287. The summed E-state index contributed by atoms with van der Waals surface area (Å²) in [6, 6.07) is 25.4. The number of amides is 3. The minimum Gasteiger partial charge on any atom is -0.324 e. The predicted molar refractivity (Wildman–Crippen MR) is 136 cm³/mol. The summed E-state index contributed by atoms with van der Waals surface area (Å²) in [5, 5.41) is 4.56. The van der Waals surface area contributed by atoms with Crippen LogP contribution in [-0.4, -0.2) is 33.1 Å². The molecule has 0 bridgehead atoms. The molecule has 0 spiro atoms. The van der Waals surface area contributed by atoms with Gasteiger partial charge >= 0.3 is 0 Å². The molecule has 1 aliphatic heterocycles. The topological polar surface area (TPSA) is 71.4 Å². The van der Waals surface area contributed by atoms with Crippen molar-refractivity contribution in [2.75, 3.05) is 11.9 Å². The van der Waals surface area contributed by atoms with Crippen molar-refractivity contribution in [2.24, 2.45) is 0 Å². The molecule has 6 nitrogen and oxygen atoms in total. The van der Waals surface area contributed by atoms with Crippen LogP contribution in [0.3, 0.4) is 0 Å². The summed E-state index contributed by atoms with van der Waals surface area (Å²) < 4.78 is 1.96. The normalized spacial score (nSPS) is 14.9. The monoisotopic (exact) mass is 467 g/mol. The Hall–Kier alpha value is -4.10. The highest BCUT2D eigenvalue weighted by Crippen LogP contribution is 2.33. The van der Waals surface area contributed by atoms with Crippen molar-refractivity contribution < 1.29 is 14.4 Å². The lowest BCUT2D eigenvalue weighted by atomic mass is 10.1. The van der Waals surface area contributed by atoms with E-state index in [0.29, 0.717) is 5.69 Å². The maximum absolute atomic E-state index is 12.9. The zero-order valence-corrected chi connectivity index (χ0v) is 19.2. The molecule has 1 N–H and O–H groups in total. The SMILES string of the molecule is Cc1ccccc1NC(=O)CN1C(=O)S/C(=C\c2cccn2-c2ccc3ccccc3c2)C1=O. The molecule has 0 aliphatic carbocycles. The van der Waals surface area contributed by atoms with Gasteiger partial charge in [-0.2, -0.15) is 0 Å². The van der Waals surface area contributed by atoms with Crippen LogP contribution in [0.25, 0.3) is 22.5 Å². The third kappa shape index (κ3) is 4.25. The first kappa shape index (κ1) is 21.7. The lowest BCUT2D eigenvalue weighted by Crippen LogP contribution is -2.36. The molecule has 3 aromatic carbocycles. The Bertz CT molecular complexity index is 1470. The van der Waals surface area contributed by atoms with E-state index in [2.05, 4.69) is 29.6 Å². The van der Waals surface area contributed by atoms with E-state index in [1.807, 2.05) is 66.2 Å². The number of thioether (sulfide) groups is 1. The van der Waals surface area contributed by atoms with Crippen LogP contribution in [0.1, 0.15) is 11.3 Å². The van der Waals surface area contributed by atoms with E-state index in [1.54, 1.807) is 12.1 Å². The van der Waals surface area contributed by atoms with Gasteiger partial charge in [0, 0.05) is 23.3 Å². The molecule has 7 heteroatoms. The van der Waals surface area contributed by atoms with Gasteiger partial charge in [-0.3, -0.25) is 19.3 Å². The molecule has 168 valence electrons. The van der Waals surface area contributed by atoms with E-state index >= 15 is 0 Å². The second kappa shape index (κ2) is 9.03. The number of anilines is 1. The fourth-order valence-corrected chi connectivity index (χ4v) is 4.71. The van der Waals surface area contributed by atoms with Crippen LogP contribution < -0.4 is 5.32 Å². The third-order valence-corrected chi connectivity index (χ3v) is 6.57. The molecule has 3 amide bonds. The minimum atomic E-state index is -0.471. The number of hydrogen-bond acceptors (Lipinski definition) is 4. The second-order valence-electron chi connectivity index (χ2n) is 7.97. The zero-order chi connectivity index (χ0) is 23.7. The van der Waals surface area contributed by atoms with E-state index in [1.165, 1.54) is 0 Å². The van der Waals surface area contributed by atoms with Crippen molar-refractivity contribution in [3.8, 4) is 5.69 Å². The standard InChI is InChI=1S/C27H21N3O3S/c1-18-7-2-5-11-23(18)28-25(31)17-30-26(32)24(34-27(30)33)16-21-10-6-14-29(21)22-13-12-19-8-3-4-9-20(19)15-22/h2-16H,17H2,1H3,(H,28,31)/b24-16-. The molecular formula is C27H21N3O3S. The predicted octanol–water partition coefficient (Wildman–Crippen LogP) is 5.61. The lowest BCUT2D eigenvalue weighted by Gasteiger charge is -2.13. The quantitative estimate of drug-likeness (QED) is 0.387. The maximum atomic E-state index is 12.9. The Balaban J connectivity index is 1.36. The highest BCUT2D eigenvalue weighted by molar-refractivity contribution is 8.18. The van der Waals surface area contributed by atoms with Gasteiger partial charge in [0.25, 0.3) is 11.1 Å². The highest BCUT2D eigenvalue weighted by Gasteiger charge is 2.36. The number of aromatic nitrogens is 1. The molecule has 1 aromatic heterocycles. The van der Waals surface area contributed by atoms with Gasteiger partial charge < -0.3 is 9.88 Å². The Morgan fingerprint density at radius 2 is 1.71 bits per heavy atom. The van der Waals surface area contributed by atoms with Crippen LogP contribution in [0.15, 0.2) is 90.0 Å². The average Bonchev–Trinajstić information content (AvgIpc) is 3.40. The fraction of sp³-hybridized carbons (Fsp3) is 0.0741. The van der Waals surface area contributed by atoms with Crippen LogP contribution in [0.4, 0.5) is 10.5 Å². The first-order chi connectivity index (χ1) is 16.5. The smallest absolute Gasteiger partial charge is 0.294 e. The van der Waals surface area contributed by atoms with E-state index < -0.39 is 17.1 Å². The van der Waals surface area contributed by atoms with Gasteiger partial charge in [0.05, 0.1) is 4.91 Å². The van der Waals surface area contributed by atoms with E-state index in [-0.39, 0.29) is 11.4 Å². The number of rotatable bonds is 5. The molecule has 2 heterocycles. The average molecular weight is 468 g/mol. The van der Waals surface area contributed by atoms with Crippen molar-refractivity contribution in [2.45, 2.75) is 6.92 Å². The van der Waals surface area contributed by atoms with Crippen molar-refractivity contribution in [1.82, 2.24) is 9.47 Å². The Morgan fingerprint density at radius 3 is 2.53 bits per heavy atom. The van der Waals surface area contributed by atoms with Crippen LogP contribution in [0.2, 0.25) is 0 Å². The molecule has 0 radical (unpaired) electrons. The van der Waals surface area contributed by atoms with Gasteiger partial charge in [-0.05, 0) is 71.4 Å².